The first-order chi connectivity index (χ1) is 10.2. The largest absolute Gasteiger partial charge is 0.493 e. The molecule has 0 bridgehead atoms. The molecule has 2 aromatic carbocycles. The molecule has 1 aliphatic heterocycles. The minimum atomic E-state index is 0.420. The first-order valence-electron chi connectivity index (χ1n) is 6.73. The maximum absolute atomic E-state index is 6.20. The predicted octanol–water partition coefficient (Wildman–Crippen LogP) is 4.08. The smallest absolute Gasteiger partial charge is 0.138 e. The fraction of sp³-hybridized carbons (Fsp3) is 0.250. The summed E-state index contributed by atoms with van der Waals surface area (Å²) in [6.45, 7) is 1.61. The average molecular weight is 369 g/mol. The van der Waals surface area contributed by atoms with Crippen molar-refractivity contribution in [1.82, 2.24) is 0 Å². The lowest BCUT2D eigenvalue weighted by atomic mass is 10.1. The highest BCUT2D eigenvalue weighted by Crippen LogP contribution is 2.34. The molecule has 0 aromatic heterocycles. The molecular weight excluding hydrogens is 354 g/mol. The molecule has 0 amide bonds. The highest BCUT2D eigenvalue weighted by atomic mass is 79.9. The van der Waals surface area contributed by atoms with E-state index in [1.807, 2.05) is 24.3 Å². The summed E-state index contributed by atoms with van der Waals surface area (Å²) in [4.78, 5) is 0. The maximum Gasteiger partial charge on any atom is 0.138 e. The van der Waals surface area contributed by atoms with Crippen LogP contribution in [0.3, 0.4) is 0 Å². The normalized spacial score (nSPS) is 12.9. The zero-order chi connectivity index (χ0) is 14.8. The molecule has 0 unspecified atom stereocenters. The predicted molar refractivity (Wildman–Crippen MR) is 87.0 cm³/mol. The zero-order valence-corrected chi connectivity index (χ0v) is 13.7. The van der Waals surface area contributed by atoms with Gasteiger partial charge >= 0.3 is 0 Å². The van der Waals surface area contributed by atoms with E-state index in [1.54, 1.807) is 0 Å². The summed E-state index contributed by atoms with van der Waals surface area (Å²) in [7, 11) is 0. The first-order valence-corrected chi connectivity index (χ1v) is 7.90. The van der Waals surface area contributed by atoms with Crippen LogP contribution in [0.25, 0.3) is 0 Å². The average Bonchev–Trinajstić information content (AvgIpc) is 2.93. The Bertz CT molecular complexity index is 676. The van der Waals surface area contributed by atoms with Gasteiger partial charge in [0.2, 0.25) is 0 Å². The Labute approximate surface area is 137 Å². The van der Waals surface area contributed by atoms with Crippen molar-refractivity contribution in [2.45, 2.75) is 19.6 Å². The Morgan fingerprint density at radius 3 is 2.90 bits per heavy atom. The van der Waals surface area contributed by atoms with Crippen LogP contribution >= 0.6 is 27.5 Å². The van der Waals surface area contributed by atoms with Crippen molar-refractivity contribution in [3.8, 4) is 11.5 Å². The molecule has 0 spiro atoms. The lowest BCUT2D eigenvalue weighted by Gasteiger charge is -2.12. The second-order valence-corrected chi connectivity index (χ2v) is 6.23. The van der Waals surface area contributed by atoms with Crippen LogP contribution in [-0.2, 0) is 19.6 Å². The van der Waals surface area contributed by atoms with Crippen LogP contribution in [0.5, 0.6) is 11.5 Å². The fourth-order valence-electron chi connectivity index (χ4n) is 2.40. The van der Waals surface area contributed by atoms with Gasteiger partial charge in [-0.3, -0.25) is 0 Å². The molecule has 1 aliphatic rings. The van der Waals surface area contributed by atoms with Gasteiger partial charge in [-0.15, -0.1) is 0 Å². The first kappa shape index (κ1) is 14.7. The molecular formula is C16H15BrClNO2. The SMILES string of the molecule is NCc1ccc(OCc2cc(Br)cc3c2OCC3)c(Cl)c1. The van der Waals surface area contributed by atoms with Gasteiger partial charge in [0.1, 0.15) is 18.1 Å². The summed E-state index contributed by atoms with van der Waals surface area (Å²) in [5, 5.41) is 0.575. The molecule has 2 aromatic rings. The number of fused-ring (bicyclic) bond motifs is 1. The highest BCUT2D eigenvalue weighted by molar-refractivity contribution is 9.10. The molecule has 0 saturated heterocycles. The molecule has 5 heteroatoms. The Morgan fingerprint density at radius 2 is 2.14 bits per heavy atom. The Kier molecular flexibility index (Phi) is 4.38. The van der Waals surface area contributed by atoms with Crippen molar-refractivity contribution in [2.24, 2.45) is 5.73 Å². The van der Waals surface area contributed by atoms with E-state index in [-0.39, 0.29) is 0 Å². The standard InChI is InChI=1S/C16H15BrClNO2/c17-13-6-11-3-4-20-16(11)12(7-13)9-21-15-2-1-10(8-19)5-14(15)18/h1-2,5-7H,3-4,8-9,19H2. The molecule has 3 rings (SSSR count). The number of ether oxygens (including phenoxy) is 2. The molecule has 110 valence electrons. The van der Waals surface area contributed by atoms with Gasteiger partial charge in [-0.25, -0.2) is 0 Å². The van der Waals surface area contributed by atoms with Crippen LogP contribution in [-0.4, -0.2) is 6.61 Å². The Hall–Kier alpha value is -1.23. The van der Waals surface area contributed by atoms with Crippen molar-refractivity contribution in [2.75, 3.05) is 6.61 Å². The van der Waals surface area contributed by atoms with Crippen molar-refractivity contribution in [1.29, 1.82) is 0 Å². The van der Waals surface area contributed by atoms with Gasteiger partial charge in [0.05, 0.1) is 11.6 Å². The van der Waals surface area contributed by atoms with Gasteiger partial charge in [0, 0.05) is 23.0 Å². The molecule has 0 saturated carbocycles. The van der Waals surface area contributed by atoms with Crippen LogP contribution in [0.1, 0.15) is 16.7 Å². The van der Waals surface area contributed by atoms with Gasteiger partial charge in [0.15, 0.2) is 0 Å². The van der Waals surface area contributed by atoms with Crippen LogP contribution < -0.4 is 15.2 Å². The van der Waals surface area contributed by atoms with E-state index in [2.05, 4.69) is 22.0 Å². The summed E-state index contributed by atoms with van der Waals surface area (Å²) >= 11 is 9.73. The summed E-state index contributed by atoms with van der Waals surface area (Å²) in [6.07, 6.45) is 0.938. The van der Waals surface area contributed by atoms with Crippen molar-refractivity contribution in [3.05, 3.63) is 56.5 Å². The number of nitrogens with two attached hydrogens (primary N) is 1. The summed E-state index contributed by atoms with van der Waals surface area (Å²) < 4.78 is 12.6. The van der Waals surface area contributed by atoms with E-state index < -0.39 is 0 Å². The Balaban J connectivity index is 1.79. The minimum Gasteiger partial charge on any atom is -0.493 e. The molecule has 2 N–H and O–H groups in total. The second-order valence-electron chi connectivity index (χ2n) is 4.91. The van der Waals surface area contributed by atoms with Crippen LogP contribution in [0.2, 0.25) is 5.02 Å². The van der Waals surface area contributed by atoms with Gasteiger partial charge in [-0.2, -0.15) is 0 Å². The van der Waals surface area contributed by atoms with E-state index in [0.29, 0.717) is 23.9 Å². The quantitative estimate of drug-likeness (QED) is 0.884. The summed E-state index contributed by atoms with van der Waals surface area (Å²) in [6, 6.07) is 9.71. The third kappa shape index (κ3) is 3.18. The van der Waals surface area contributed by atoms with E-state index in [0.717, 1.165) is 34.4 Å². The number of hydrogen-bond acceptors (Lipinski definition) is 3. The van der Waals surface area contributed by atoms with E-state index >= 15 is 0 Å². The fourth-order valence-corrected chi connectivity index (χ4v) is 3.21. The van der Waals surface area contributed by atoms with Gasteiger partial charge in [0.25, 0.3) is 0 Å². The lowest BCUT2D eigenvalue weighted by molar-refractivity contribution is 0.292. The topological polar surface area (TPSA) is 44.5 Å². The van der Waals surface area contributed by atoms with Gasteiger partial charge < -0.3 is 15.2 Å². The van der Waals surface area contributed by atoms with Crippen molar-refractivity contribution < 1.29 is 9.47 Å². The zero-order valence-electron chi connectivity index (χ0n) is 11.4. The van der Waals surface area contributed by atoms with E-state index in [1.165, 1.54) is 5.56 Å². The maximum atomic E-state index is 6.20. The third-order valence-electron chi connectivity index (χ3n) is 3.44. The molecule has 0 fully saturated rings. The second kappa shape index (κ2) is 6.26. The van der Waals surface area contributed by atoms with E-state index in [9.17, 15) is 0 Å². The lowest BCUT2D eigenvalue weighted by Crippen LogP contribution is -2.00. The molecule has 0 aliphatic carbocycles. The Morgan fingerprint density at radius 1 is 1.29 bits per heavy atom. The molecule has 3 nitrogen and oxygen atoms in total. The molecule has 1 heterocycles. The number of hydrogen-bond donors (Lipinski definition) is 1. The number of halogens is 2. The van der Waals surface area contributed by atoms with E-state index in [4.69, 9.17) is 26.8 Å². The molecule has 21 heavy (non-hydrogen) atoms. The monoisotopic (exact) mass is 367 g/mol. The van der Waals surface area contributed by atoms with Crippen molar-refractivity contribution >= 4 is 27.5 Å². The third-order valence-corrected chi connectivity index (χ3v) is 4.19. The van der Waals surface area contributed by atoms with Crippen LogP contribution in [0, 0.1) is 0 Å². The molecule has 0 radical (unpaired) electrons. The van der Waals surface area contributed by atoms with Crippen molar-refractivity contribution in [3.63, 3.8) is 0 Å². The van der Waals surface area contributed by atoms with Crippen LogP contribution in [0.4, 0.5) is 0 Å². The molecule has 0 atom stereocenters. The number of benzene rings is 2. The van der Waals surface area contributed by atoms with Gasteiger partial charge in [-0.05, 0) is 35.4 Å². The number of rotatable bonds is 4. The summed E-state index contributed by atoms with van der Waals surface area (Å²) in [5.74, 6) is 1.59. The van der Waals surface area contributed by atoms with Crippen LogP contribution in [0.15, 0.2) is 34.8 Å². The highest BCUT2D eigenvalue weighted by Gasteiger charge is 2.18. The minimum absolute atomic E-state index is 0.420. The summed E-state index contributed by atoms with van der Waals surface area (Å²) in [5.41, 5.74) is 8.82. The van der Waals surface area contributed by atoms with Gasteiger partial charge in [-0.1, -0.05) is 33.6 Å².